The molecule has 2 atom stereocenters. The molecule has 1 aliphatic heterocycles. The average Bonchev–Trinajstić information content (AvgIpc) is 3.54. The quantitative estimate of drug-likeness (QED) is 0.477. The highest BCUT2D eigenvalue weighted by Gasteiger charge is 2.31. The highest BCUT2D eigenvalue weighted by molar-refractivity contribution is 7.99. The molecule has 2 aromatic heterocycles. The number of fused-ring (bicyclic) bond motifs is 1. The minimum absolute atomic E-state index is 0.155. The number of anilines is 2. The summed E-state index contributed by atoms with van der Waals surface area (Å²) in [6.45, 7) is 1.03. The Bertz CT molecular complexity index is 1120. The van der Waals surface area contributed by atoms with Crippen molar-refractivity contribution in [1.29, 1.82) is 0 Å². The maximum Gasteiger partial charge on any atom is 0.340 e. The SMILES string of the molecule is CN(Cc1n[nH]c(=O)[nH]1)c1nc2c(c(N[C@@H]3CCC[C@H]3OCc3ccccc3)n1)SCC2. The normalized spacial score (nSPS) is 19.8. The van der Waals surface area contributed by atoms with Crippen LogP contribution in [0.25, 0.3) is 0 Å². The largest absolute Gasteiger partial charge is 0.371 e. The number of hydrogen-bond donors (Lipinski definition) is 3. The molecule has 0 unspecified atom stereocenters. The molecule has 5 rings (SSSR count). The molecule has 0 bridgehead atoms. The number of nitrogens with one attached hydrogen (secondary N) is 3. The minimum Gasteiger partial charge on any atom is -0.371 e. The zero-order chi connectivity index (χ0) is 21.9. The van der Waals surface area contributed by atoms with Gasteiger partial charge in [0.25, 0.3) is 0 Å². The molecule has 1 saturated carbocycles. The third-order valence-corrected chi connectivity index (χ3v) is 7.00. The van der Waals surface area contributed by atoms with Crippen molar-refractivity contribution in [2.24, 2.45) is 0 Å². The van der Waals surface area contributed by atoms with Gasteiger partial charge in [0.15, 0.2) is 5.82 Å². The molecule has 1 fully saturated rings. The Kier molecular flexibility index (Phi) is 6.13. The van der Waals surface area contributed by atoms with Gasteiger partial charge < -0.3 is 15.0 Å². The summed E-state index contributed by atoms with van der Waals surface area (Å²) in [5, 5.41) is 10.1. The number of nitrogens with zero attached hydrogens (tertiary/aromatic N) is 4. The Balaban J connectivity index is 1.31. The number of aromatic nitrogens is 5. The molecule has 32 heavy (non-hydrogen) atoms. The van der Waals surface area contributed by atoms with Crippen LogP contribution in [-0.4, -0.2) is 50.1 Å². The Morgan fingerprint density at radius 1 is 1.25 bits per heavy atom. The Labute approximate surface area is 190 Å². The molecule has 0 spiro atoms. The van der Waals surface area contributed by atoms with Gasteiger partial charge in [0.05, 0.1) is 35.9 Å². The molecule has 0 radical (unpaired) electrons. The predicted octanol–water partition coefficient (Wildman–Crippen LogP) is 2.72. The number of thioether (sulfide) groups is 1. The lowest BCUT2D eigenvalue weighted by atomic mass is 10.2. The summed E-state index contributed by atoms with van der Waals surface area (Å²) in [6.07, 6.45) is 4.32. The maximum atomic E-state index is 11.3. The number of aromatic amines is 2. The number of benzene rings is 1. The van der Waals surface area contributed by atoms with Crippen LogP contribution in [0.1, 0.15) is 36.3 Å². The molecular weight excluding hydrogens is 426 g/mol. The molecule has 1 aromatic carbocycles. The van der Waals surface area contributed by atoms with Crippen molar-refractivity contribution in [2.45, 2.75) is 55.9 Å². The number of H-pyrrole nitrogens is 2. The van der Waals surface area contributed by atoms with Gasteiger partial charge in [-0.3, -0.25) is 4.98 Å². The van der Waals surface area contributed by atoms with Crippen molar-refractivity contribution in [3.05, 3.63) is 57.9 Å². The van der Waals surface area contributed by atoms with E-state index in [4.69, 9.17) is 14.7 Å². The van der Waals surface area contributed by atoms with Crippen molar-refractivity contribution in [2.75, 3.05) is 23.0 Å². The Morgan fingerprint density at radius 2 is 2.12 bits per heavy atom. The second-order valence-corrected chi connectivity index (χ2v) is 9.35. The lowest BCUT2D eigenvalue weighted by molar-refractivity contribution is 0.0393. The first-order chi connectivity index (χ1) is 15.7. The van der Waals surface area contributed by atoms with Gasteiger partial charge in [-0.15, -0.1) is 11.8 Å². The molecule has 0 amide bonds. The minimum atomic E-state index is -0.315. The van der Waals surface area contributed by atoms with Gasteiger partial charge in [-0.05, 0) is 24.8 Å². The molecule has 0 saturated heterocycles. The molecule has 3 aromatic rings. The first-order valence-electron chi connectivity index (χ1n) is 11.0. The smallest absolute Gasteiger partial charge is 0.340 e. The van der Waals surface area contributed by atoms with Gasteiger partial charge in [0.1, 0.15) is 5.82 Å². The van der Waals surface area contributed by atoms with E-state index in [-0.39, 0.29) is 17.8 Å². The maximum absolute atomic E-state index is 11.3. The topological polar surface area (TPSA) is 112 Å². The van der Waals surface area contributed by atoms with E-state index in [0.717, 1.165) is 47.8 Å². The van der Waals surface area contributed by atoms with Crippen LogP contribution in [0.15, 0.2) is 40.0 Å². The van der Waals surface area contributed by atoms with E-state index in [0.29, 0.717) is 24.9 Å². The molecule has 9 nitrogen and oxygen atoms in total. The van der Waals surface area contributed by atoms with Crippen LogP contribution in [0, 0.1) is 0 Å². The van der Waals surface area contributed by atoms with E-state index in [9.17, 15) is 4.79 Å². The van der Waals surface area contributed by atoms with E-state index in [1.807, 2.05) is 30.1 Å². The first kappa shape index (κ1) is 21.0. The van der Waals surface area contributed by atoms with E-state index in [1.54, 1.807) is 11.8 Å². The van der Waals surface area contributed by atoms with Crippen molar-refractivity contribution in [3.8, 4) is 0 Å². The van der Waals surface area contributed by atoms with E-state index >= 15 is 0 Å². The van der Waals surface area contributed by atoms with E-state index in [2.05, 4.69) is 32.6 Å². The van der Waals surface area contributed by atoms with Gasteiger partial charge in [0, 0.05) is 19.2 Å². The standard InChI is InChI=1S/C22H27N7O2S/c1-29(12-18-25-22(30)28-27-18)21-24-16-10-11-32-19(16)20(26-21)23-15-8-5-9-17(15)31-13-14-6-3-2-4-7-14/h2-4,6-7,15,17H,5,8-13H2,1H3,(H,23,24,26)(H2,25,27,28,30)/t15-,17-/m1/s1. The van der Waals surface area contributed by atoms with Crippen molar-refractivity contribution in [1.82, 2.24) is 25.1 Å². The predicted molar refractivity (Wildman–Crippen MR) is 124 cm³/mol. The second kappa shape index (κ2) is 9.33. The van der Waals surface area contributed by atoms with Crippen LogP contribution >= 0.6 is 11.8 Å². The fraction of sp³-hybridized carbons (Fsp3) is 0.455. The highest BCUT2D eigenvalue weighted by Crippen LogP contribution is 2.38. The van der Waals surface area contributed by atoms with Crippen LogP contribution in [0.5, 0.6) is 0 Å². The van der Waals surface area contributed by atoms with Crippen molar-refractivity contribution >= 4 is 23.5 Å². The van der Waals surface area contributed by atoms with Gasteiger partial charge >= 0.3 is 5.69 Å². The van der Waals surface area contributed by atoms with Crippen LogP contribution in [-0.2, 0) is 24.3 Å². The fourth-order valence-corrected chi connectivity index (χ4v) is 5.30. The number of hydrogen-bond acceptors (Lipinski definition) is 8. The highest BCUT2D eigenvalue weighted by atomic mass is 32.2. The summed E-state index contributed by atoms with van der Waals surface area (Å²) in [5.74, 6) is 3.07. The Hall–Kier alpha value is -2.85. The van der Waals surface area contributed by atoms with Crippen LogP contribution in [0.4, 0.5) is 11.8 Å². The first-order valence-corrected chi connectivity index (χ1v) is 11.9. The molecule has 3 N–H and O–H groups in total. The van der Waals surface area contributed by atoms with Gasteiger partial charge in [-0.25, -0.2) is 14.9 Å². The second-order valence-electron chi connectivity index (χ2n) is 8.24. The van der Waals surface area contributed by atoms with E-state index in [1.165, 1.54) is 5.56 Å². The molecule has 168 valence electrons. The monoisotopic (exact) mass is 453 g/mol. The lowest BCUT2D eigenvalue weighted by Gasteiger charge is -2.24. The van der Waals surface area contributed by atoms with Gasteiger partial charge in [0.2, 0.25) is 5.95 Å². The van der Waals surface area contributed by atoms with E-state index < -0.39 is 0 Å². The molecule has 10 heteroatoms. The summed E-state index contributed by atoms with van der Waals surface area (Å²) in [6, 6.07) is 10.5. The van der Waals surface area contributed by atoms with Crippen molar-refractivity contribution < 1.29 is 4.74 Å². The van der Waals surface area contributed by atoms with Crippen molar-refractivity contribution in [3.63, 3.8) is 0 Å². The Morgan fingerprint density at radius 3 is 2.94 bits per heavy atom. The molecule has 1 aliphatic carbocycles. The summed E-state index contributed by atoms with van der Waals surface area (Å²) in [4.78, 5) is 26.7. The van der Waals surface area contributed by atoms with Crippen LogP contribution in [0.3, 0.4) is 0 Å². The van der Waals surface area contributed by atoms with Crippen LogP contribution in [0.2, 0.25) is 0 Å². The number of ether oxygens (including phenoxy) is 1. The summed E-state index contributed by atoms with van der Waals surface area (Å²) >= 11 is 1.81. The average molecular weight is 454 g/mol. The summed E-state index contributed by atoms with van der Waals surface area (Å²) < 4.78 is 6.28. The van der Waals surface area contributed by atoms with Gasteiger partial charge in [-0.2, -0.15) is 10.1 Å². The third-order valence-electron chi connectivity index (χ3n) is 5.87. The fourth-order valence-electron chi connectivity index (χ4n) is 4.24. The molecule has 3 heterocycles. The molecular formula is C22H27N7O2S. The third kappa shape index (κ3) is 4.66. The van der Waals surface area contributed by atoms with Gasteiger partial charge in [-0.1, -0.05) is 30.3 Å². The number of rotatable bonds is 8. The summed E-state index contributed by atoms with van der Waals surface area (Å²) in [7, 11) is 1.90. The zero-order valence-corrected chi connectivity index (χ0v) is 18.8. The summed E-state index contributed by atoms with van der Waals surface area (Å²) in [5.41, 5.74) is 1.95. The number of aryl methyl sites for hydroxylation is 1. The zero-order valence-electron chi connectivity index (χ0n) is 18.0. The molecule has 2 aliphatic rings. The lowest BCUT2D eigenvalue weighted by Crippen LogP contribution is -2.31. The van der Waals surface area contributed by atoms with Crippen LogP contribution < -0.4 is 15.9 Å².